The van der Waals surface area contributed by atoms with E-state index in [0.717, 1.165) is 19.5 Å². The van der Waals surface area contributed by atoms with Crippen molar-refractivity contribution in [3.63, 3.8) is 0 Å². The molecule has 1 unspecified atom stereocenters. The van der Waals surface area contributed by atoms with Gasteiger partial charge in [-0.15, -0.1) is 0 Å². The average molecular weight is 499 g/mol. The molecule has 2 aromatic carbocycles. The van der Waals surface area contributed by atoms with Gasteiger partial charge in [0, 0.05) is 43.4 Å². The summed E-state index contributed by atoms with van der Waals surface area (Å²) in [7, 11) is 0. The molecule has 1 aromatic heterocycles. The molecule has 4 rings (SSSR count). The molecule has 0 N–H and O–H groups in total. The van der Waals surface area contributed by atoms with E-state index in [1.807, 2.05) is 30.0 Å². The third-order valence-electron chi connectivity index (χ3n) is 6.16. The molecule has 0 saturated carbocycles. The molecule has 1 aliphatic heterocycles. The van der Waals surface area contributed by atoms with E-state index in [1.54, 1.807) is 22.8 Å². The summed E-state index contributed by atoms with van der Waals surface area (Å²) in [5.41, 5.74) is 1.67. The fraction of sp³-hybridized carbons (Fsp3) is 0.423. The molecule has 2 heterocycles. The predicted molar refractivity (Wildman–Crippen MR) is 141 cm³/mol. The summed E-state index contributed by atoms with van der Waals surface area (Å²) in [6, 6.07) is 15.4. The number of carbonyl (C=O) groups is 1. The molecule has 180 valence electrons. The minimum atomic E-state index is -0.350. The summed E-state index contributed by atoms with van der Waals surface area (Å²) in [6.45, 7) is 9.70. The first kappa shape index (κ1) is 24.6. The number of aromatic nitrogens is 2. The zero-order valence-corrected chi connectivity index (χ0v) is 21.5. The highest BCUT2D eigenvalue weighted by Crippen LogP contribution is 2.26. The largest absolute Gasteiger partial charge is 0.368 e. The standard InChI is InChI=1S/C26H31ClN4O2S/c1-18(2)11-12-31-25(33)22-10-9-20(27)17-23(22)28-26(31)34-19(3)24(32)30-15-13-29(14-16-30)21-7-5-4-6-8-21/h4-10,17-19H,11-16H2,1-3H3. The van der Waals surface area contributed by atoms with Crippen LogP contribution in [0.2, 0.25) is 5.02 Å². The lowest BCUT2D eigenvalue weighted by Crippen LogP contribution is -2.50. The normalized spacial score (nSPS) is 15.2. The number of halogens is 1. The highest BCUT2D eigenvalue weighted by Gasteiger charge is 2.27. The second kappa shape index (κ2) is 10.8. The number of hydrogen-bond donors (Lipinski definition) is 0. The summed E-state index contributed by atoms with van der Waals surface area (Å²) >= 11 is 7.52. The van der Waals surface area contributed by atoms with E-state index in [9.17, 15) is 9.59 Å². The second-order valence-corrected chi connectivity index (χ2v) is 10.8. The first-order valence-corrected chi connectivity index (χ1v) is 13.0. The summed E-state index contributed by atoms with van der Waals surface area (Å²) in [6.07, 6.45) is 0.859. The van der Waals surface area contributed by atoms with Crippen LogP contribution in [0.5, 0.6) is 0 Å². The van der Waals surface area contributed by atoms with Gasteiger partial charge < -0.3 is 9.80 Å². The highest BCUT2D eigenvalue weighted by molar-refractivity contribution is 8.00. The van der Waals surface area contributed by atoms with Gasteiger partial charge in [0.25, 0.3) is 5.56 Å². The number of thioether (sulfide) groups is 1. The highest BCUT2D eigenvalue weighted by atomic mass is 35.5. The van der Waals surface area contributed by atoms with Crippen molar-refractivity contribution >= 4 is 45.9 Å². The maximum absolute atomic E-state index is 13.3. The summed E-state index contributed by atoms with van der Waals surface area (Å²) in [5, 5.41) is 1.31. The van der Waals surface area contributed by atoms with Crippen molar-refractivity contribution in [2.24, 2.45) is 5.92 Å². The zero-order valence-electron chi connectivity index (χ0n) is 19.9. The van der Waals surface area contributed by atoms with Crippen molar-refractivity contribution in [1.82, 2.24) is 14.5 Å². The number of rotatable bonds is 7. The van der Waals surface area contributed by atoms with E-state index in [0.29, 0.717) is 46.6 Å². The van der Waals surface area contributed by atoms with Crippen LogP contribution in [0.25, 0.3) is 10.9 Å². The molecule has 1 atom stereocenters. The van der Waals surface area contributed by atoms with Crippen LogP contribution in [0.4, 0.5) is 5.69 Å². The Labute approximate surface area is 209 Å². The third-order valence-corrected chi connectivity index (χ3v) is 7.47. The Kier molecular flexibility index (Phi) is 7.84. The average Bonchev–Trinajstić information content (AvgIpc) is 2.83. The molecule has 0 spiro atoms. The van der Waals surface area contributed by atoms with E-state index >= 15 is 0 Å². The number of anilines is 1. The molecule has 1 saturated heterocycles. The van der Waals surface area contributed by atoms with Gasteiger partial charge in [-0.1, -0.05) is 55.4 Å². The topological polar surface area (TPSA) is 58.4 Å². The van der Waals surface area contributed by atoms with E-state index < -0.39 is 0 Å². The molecular weight excluding hydrogens is 468 g/mol. The van der Waals surface area contributed by atoms with Crippen molar-refractivity contribution in [2.45, 2.75) is 44.1 Å². The van der Waals surface area contributed by atoms with Crippen molar-refractivity contribution in [3.05, 3.63) is 63.9 Å². The van der Waals surface area contributed by atoms with Crippen LogP contribution < -0.4 is 10.5 Å². The Morgan fingerprint density at radius 2 is 1.76 bits per heavy atom. The molecule has 8 heteroatoms. The fourth-order valence-electron chi connectivity index (χ4n) is 4.14. The quantitative estimate of drug-likeness (QED) is 0.341. The number of fused-ring (bicyclic) bond motifs is 1. The van der Waals surface area contributed by atoms with Gasteiger partial charge in [0.05, 0.1) is 16.2 Å². The third kappa shape index (κ3) is 5.58. The van der Waals surface area contributed by atoms with Crippen LogP contribution in [0.1, 0.15) is 27.2 Å². The summed E-state index contributed by atoms with van der Waals surface area (Å²) in [4.78, 5) is 35.5. The van der Waals surface area contributed by atoms with E-state index in [1.165, 1.54) is 17.4 Å². The lowest BCUT2D eigenvalue weighted by molar-refractivity contribution is -0.130. The maximum atomic E-state index is 13.3. The summed E-state index contributed by atoms with van der Waals surface area (Å²) < 4.78 is 1.72. The molecule has 6 nitrogen and oxygen atoms in total. The number of carbonyl (C=O) groups excluding carboxylic acids is 1. The zero-order chi connectivity index (χ0) is 24.2. The molecule has 0 radical (unpaired) electrons. The number of hydrogen-bond acceptors (Lipinski definition) is 5. The Morgan fingerprint density at radius 1 is 1.06 bits per heavy atom. The molecule has 0 aliphatic carbocycles. The Morgan fingerprint density at radius 3 is 2.44 bits per heavy atom. The smallest absolute Gasteiger partial charge is 0.262 e. The Balaban J connectivity index is 1.51. The van der Waals surface area contributed by atoms with Crippen LogP contribution in [-0.4, -0.2) is 51.8 Å². The first-order chi connectivity index (χ1) is 16.3. The second-order valence-electron chi connectivity index (χ2n) is 9.10. The van der Waals surface area contributed by atoms with E-state index in [2.05, 4.69) is 30.9 Å². The Bertz CT molecular complexity index is 1210. The van der Waals surface area contributed by atoms with Crippen molar-refractivity contribution in [1.29, 1.82) is 0 Å². The molecule has 3 aromatic rings. The van der Waals surface area contributed by atoms with Crippen LogP contribution in [0.15, 0.2) is 58.5 Å². The molecule has 1 aliphatic rings. The van der Waals surface area contributed by atoms with Crippen molar-refractivity contribution in [2.75, 3.05) is 31.1 Å². The van der Waals surface area contributed by atoms with Gasteiger partial charge in [-0.25, -0.2) is 4.98 Å². The van der Waals surface area contributed by atoms with Gasteiger partial charge in [-0.2, -0.15) is 0 Å². The van der Waals surface area contributed by atoms with E-state index in [4.69, 9.17) is 16.6 Å². The van der Waals surface area contributed by atoms with Crippen molar-refractivity contribution < 1.29 is 4.79 Å². The van der Waals surface area contributed by atoms with Gasteiger partial charge in [0.15, 0.2) is 5.16 Å². The maximum Gasteiger partial charge on any atom is 0.262 e. The molecule has 1 amide bonds. The van der Waals surface area contributed by atoms with Crippen LogP contribution in [0, 0.1) is 5.92 Å². The predicted octanol–water partition coefficient (Wildman–Crippen LogP) is 4.93. The molecule has 34 heavy (non-hydrogen) atoms. The molecule has 1 fully saturated rings. The van der Waals surface area contributed by atoms with Crippen molar-refractivity contribution in [3.8, 4) is 0 Å². The lowest BCUT2D eigenvalue weighted by Gasteiger charge is -2.37. The van der Waals surface area contributed by atoms with Crippen LogP contribution in [-0.2, 0) is 11.3 Å². The Hall–Kier alpha value is -2.51. The lowest BCUT2D eigenvalue weighted by atomic mass is 10.1. The summed E-state index contributed by atoms with van der Waals surface area (Å²) in [5.74, 6) is 0.527. The van der Waals surface area contributed by atoms with Crippen LogP contribution >= 0.6 is 23.4 Å². The van der Waals surface area contributed by atoms with Crippen LogP contribution in [0.3, 0.4) is 0 Å². The fourth-order valence-corrected chi connectivity index (χ4v) is 5.32. The monoisotopic (exact) mass is 498 g/mol. The molecular formula is C26H31ClN4O2S. The van der Waals surface area contributed by atoms with Gasteiger partial charge in [0.1, 0.15) is 0 Å². The SMILES string of the molecule is CC(C)CCn1c(SC(C)C(=O)N2CCN(c3ccccc3)CC2)nc2cc(Cl)ccc2c1=O. The number of para-hydroxylation sites is 1. The number of benzene rings is 2. The van der Waals surface area contributed by atoms with Gasteiger partial charge in [0.2, 0.25) is 5.91 Å². The van der Waals surface area contributed by atoms with Gasteiger partial charge >= 0.3 is 0 Å². The minimum Gasteiger partial charge on any atom is -0.368 e. The van der Waals surface area contributed by atoms with Gasteiger partial charge in [-0.05, 0) is 49.6 Å². The first-order valence-electron chi connectivity index (χ1n) is 11.8. The van der Waals surface area contributed by atoms with Gasteiger partial charge in [-0.3, -0.25) is 14.2 Å². The molecule has 0 bridgehead atoms. The number of piperazine rings is 1. The number of amides is 1. The number of nitrogens with zero attached hydrogens (tertiary/aromatic N) is 4. The van der Waals surface area contributed by atoms with E-state index in [-0.39, 0.29) is 16.7 Å². The minimum absolute atomic E-state index is 0.0774.